The highest BCUT2D eigenvalue weighted by Gasteiger charge is 2.26. The van der Waals surface area contributed by atoms with Gasteiger partial charge in [0.1, 0.15) is 11.6 Å². The molecular weight excluding hydrogens is 304 g/mol. The molecule has 4 nitrogen and oxygen atoms in total. The number of carboxylic acids is 1. The number of aliphatic carboxylic acids is 1. The van der Waals surface area contributed by atoms with E-state index in [0.717, 1.165) is 37.5 Å². The van der Waals surface area contributed by atoms with Crippen molar-refractivity contribution in [1.29, 1.82) is 0 Å². The molecule has 1 aromatic carbocycles. The van der Waals surface area contributed by atoms with Gasteiger partial charge in [-0.05, 0) is 55.9 Å². The lowest BCUT2D eigenvalue weighted by molar-refractivity contribution is -0.140. The number of piperidine rings is 1. The van der Waals surface area contributed by atoms with Gasteiger partial charge in [0.25, 0.3) is 0 Å². The molecule has 1 aliphatic rings. The second-order valence-corrected chi connectivity index (χ2v) is 5.90. The lowest BCUT2D eigenvalue weighted by Crippen LogP contribution is -2.44. The number of hydrogen-bond acceptors (Lipinski definition) is 2. The number of benzene rings is 1. The van der Waals surface area contributed by atoms with Gasteiger partial charge in [0, 0.05) is 25.4 Å². The normalized spacial score (nSPS) is 18.0. The Balaban J connectivity index is 1.94. The van der Waals surface area contributed by atoms with Crippen molar-refractivity contribution in [3.05, 3.63) is 35.4 Å². The lowest BCUT2D eigenvalue weighted by Gasteiger charge is -2.35. The summed E-state index contributed by atoms with van der Waals surface area (Å²) in [5.41, 5.74) is 0.192. The number of carbonyl (C=O) groups excluding carboxylic acids is 1. The molecule has 1 aromatic rings. The monoisotopic (exact) mass is 325 g/mol. The standard InChI is InChI=1S/C17H21F2NO3/c18-13-5-7-15(19)12(11-13)4-8-16(21)20-10-2-1-3-14(20)6-9-17(22)23/h5,7,11,14H,1-4,6,8-10H2,(H,22,23)/t14-/m1/s1. The molecule has 1 aliphatic heterocycles. The molecule has 0 bridgehead atoms. The molecule has 1 atom stereocenters. The average molecular weight is 325 g/mol. The van der Waals surface area contributed by atoms with E-state index in [9.17, 15) is 18.4 Å². The molecular formula is C17H21F2NO3. The molecule has 1 fully saturated rings. The first-order chi connectivity index (χ1) is 11.0. The zero-order valence-corrected chi connectivity index (χ0v) is 12.9. The third-order valence-electron chi connectivity index (χ3n) is 4.25. The van der Waals surface area contributed by atoms with Crippen LogP contribution in [-0.2, 0) is 16.0 Å². The molecule has 1 amide bonds. The zero-order valence-electron chi connectivity index (χ0n) is 12.9. The van der Waals surface area contributed by atoms with Crippen LogP contribution in [0.15, 0.2) is 18.2 Å². The van der Waals surface area contributed by atoms with E-state index in [1.807, 2.05) is 0 Å². The van der Waals surface area contributed by atoms with Crippen molar-refractivity contribution in [2.45, 2.75) is 51.0 Å². The first kappa shape index (κ1) is 17.4. The van der Waals surface area contributed by atoms with Crippen LogP contribution < -0.4 is 0 Å². The molecule has 23 heavy (non-hydrogen) atoms. The predicted octanol–water partition coefficient (Wildman–Crippen LogP) is 3.14. The Morgan fingerprint density at radius 2 is 2.00 bits per heavy atom. The predicted molar refractivity (Wildman–Crippen MR) is 80.9 cm³/mol. The second-order valence-electron chi connectivity index (χ2n) is 5.90. The molecule has 0 aromatic heterocycles. The van der Waals surface area contributed by atoms with Crippen LogP contribution in [-0.4, -0.2) is 34.5 Å². The van der Waals surface area contributed by atoms with Gasteiger partial charge in [-0.15, -0.1) is 0 Å². The molecule has 6 heteroatoms. The molecule has 0 aliphatic carbocycles. The smallest absolute Gasteiger partial charge is 0.303 e. The van der Waals surface area contributed by atoms with Crippen LogP contribution in [0.3, 0.4) is 0 Å². The van der Waals surface area contributed by atoms with Gasteiger partial charge in [-0.25, -0.2) is 8.78 Å². The third kappa shape index (κ3) is 5.01. The van der Waals surface area contributed by atoms with E-state index < -0.39 is 17.6 Å². The van der Waals surface area contributed by atoms with Crippen molar-refractivity contribution < 1.29 is 23.5 Å². The van der Waals surface area contributed by atoms with E-state index in [-0.39, 0.29) is 36.8 Å². The van der Waals surface area contributed by atoms with E-state index in [1.165, 1.54) is 0 Å². The van der Waals surface area contributed by atoms with E-state index in [1.54, 1.807) is 4.90 Å². The molecule has 2 rings (SSSR count). The Morgan fingerprint density at radius 1 is 1.22 bits per heavy atom. The highest BCUT2D eigenvalue weighted by atomic mass is 19.1. The van der Waals surface area contributed by atoms with Crippen LogP contribution in [0.2, 0.25) is 0 Å². The van der Waals surface area contributed by atoms with Gasteiger partial charge in [-0.3, -0.25) is 9.59 Å². The first-order valence-electron chi connectivity index (χ1n) is 7.92. The zero-order chi connectivity index (χ0) is 16.8. The summed E-state index contributed by atoms with van der Waals surface area (Å²) in [5, 5.41) is 8.80. The van der Waals surface area contributed by atoms with E-state index in [0.29, 0.717) is 13.0 Å². The summed E-state index contributed by atoms with van der Waals surface area (Å²) in [6.07, 6.45) is 3.39. The van der Waals surface area contributed by atoms with Crippen LogP contribution in [0.5, 0.6) is 0 Å². The number of aryl methyl sites for hydroxylation is 1. The van der Waals surface area contributed by atoms with Crippen LogP contribution in [0.1, 0.15) is 44.1 Å². The van der Waals surface area contributed by atoms with E-state index >= 15 is 0 Å². The van der Waals surface area contributed by atoms with Crippen molar-refractivity contribution in [2.24, 2.45) is 0 Å². The van der Waals surface area contributed by atoms with Crippen LogP contribution in [0, 0.1) is 11.6 Å². The Morgan fingerprint density at radius 3 is 2.74 bits per heavy atom. The van der Waals surface area contributed by atoms with Gasteiger partial charge < -0.3 is 10.0 Å². The SMILES string of the molecule is O=C(O)CC[C@H]1CCCCN1C(=O)CCc1cc(F)ccc1F. The Hall–Kier alpha value is -1.98. The molecule has 0 spiro atoms. The van der Waals surface area contributed by atoms with Gasteiger partial charge in [0.15, 0.2) is 0 Å². The molecule has 1 heterocycles. The van der Waals surface area contributed by atoms with E-state index in [4.69, 9.17) is 5.11 Å². The number of likely N-dealkylation sites (tertiary alicyclic amines) is 1. The maximum absolute atomic E-state index is 13.6. The van der Waals surface area contributed by atoms with Crippen molar-refractivity contribution in [3.63, 3.8) is 0 Å². The summed E-state index contributed by atoms with van der Waals surface area (Å²) in [6.45, 7) is 0.606. The summed E-state index contributed by atoms with van der Waals surface area (Å²) in [7, 11) is 0. The summed E-state index contributed by atoms with van der Waals surface area (Å²) >= 11 is 0. The molecule has 0 saturated carbocycles. The summed E-state index contributed by atoms with van der Waals surface area (Å²) < 4.78 is 26.7. The molecule has 1 N–H and O–H groups in total. The van der Waals surface area contributed by atoms with Gasteiger partial charge >= 0.3 is 5.97 Å². The number of nitrogens with zero attached hydrogens (tertiary/aromatic N) is 1. The lowest BCUT2D eigenvalue weighted by atomic mass is 9.97. The van der Waals surface area contributed by atoms with Crippen molar-refractivity contribution in [1.82, 2.24) is 4.90 Å². The van der Waals surface area contributed by atoms with Gasteiger partial charge in [0.2, 0.25) is 5.91 Å². The number of amides is 1. The summed E-state index contributed by atoms with van der Waals surface area (Å²) in [6, 6.07) is 3.16. The minimum Gasteiger partial charge on any atom is -0.481 e. The average Bonchev–Trinajstić information content (AvgIpc) is 2.53. The quantitative estimate of drug-likeness (QED) is 0.874. The second kappa shape index (κ2) is 8.04. The Labute approximate surface area is 134 Å². The highest BCUT2D eigenvalue weighted by molar-refractivity contribution is 5.77. The van der Waals surface area contributed by atoms with Gasteiger partial charge in [0.05, 0.1) is 0 Å². The van der Waals surface area contributed by atoms with Crippen LogP contribution in [0.25, 0.3) is 0 Å². The van der Waals surface area contributed by atoms with E-state index in [2.05, 4.69) is 0 Å². The minimum absolute atomic E-state index is 0.0347. The largest absolute Gasteiger partial charge is 0.481 e. The van der Waals surface area contributed by atoms with Crippen molar-refractivity contribution in [2.75, 3.05) is 6.54 Å². The molecule has 0 unspecified atom stereocenters. The topological polar surface area (TPSA) is 57.6 Å². The Kier molecular flexibility index (Phi) is 6.07. The Bertz CT molecular complexity index is 577. The molecule has 1 saturated heterocycles. The third-order valence-corrected chi connectivity index (χ3v) is 4.25. The number of halogens is 2. The minimum atomic E-state index is -0.871. The highest BCUT2D eigenvalue weighted by Crippen LogP contribution is 2.22. The maximum Gasteiger partial charge on any atom is 0.303 e. The van der Waals surface area contributed by atoms with Crippen molar-refractivity contribution in [3.8, 4) is 0 Å². The number of carbonyl (C=O) groups is 2. The van der Waals surface area contributed by atoms with Crippen LogP contribution >= 0.6 is 0 Å². The van der Waals surface area contributed by atoms with Crippen molar-refractivity contribution >= 4 is 11.9 Å². The number of carboxylic acid groups (broad SMARTS) is 1. The number of rotatable bonds is 6. The fourth-order valence-electron chi connectivity index (χ4n) is 3.04. The number of hydrogen-bond donors (Lipinski definition) is 1. The van der Waals surface area contributed by atoms with Gasteiger partial charge in [-0.1, -0.05) is 0 Å². The fourth-order valence-corrected chi connectivity index (χ4v) is 3.04. The summed E-state index contributed by atoms with van der Waals surface area (Å²) in [5.74, 6) is -2.03. The fraction of sp³-hybridized carbons (Fsp3) is 0.529. The molecule has 0 radical (unpaired) electrons. The van der Waals surface area contributed by atoms with Gasteiger partial charge in [-0.2, -0.15) is 0 Å². The van der Waals surface area contributed by atoms with Crippen LogP contribution in [0.4, 0.5) is 8.78 Å². The summed E-state index contributed by atoms with van der Waals surface area (Å²) in [4.78, 5) is 24.8. The maximum atomic E-state index is 13.6. The molecule has 126 valence electrons. The first-order valence-corrected chi connectivity index (χ1v) is 7.92.